The van der Waals surface area contributed by atoms with Gasteiger partial charge in [-0.25, -0.2) is 12.8 Å². The van der Waals surface area contributed by atoms with E-state index in [1.807, 2.05) is 6.92 Å². The van der Waals surface area contributed by atoms with Gasteiger partial charge in [0.1, 0.15) is 5.82 Å². The van der Waals surface area contributed by atoms with E-state index in [-0.39, 0.29) is 15.8 Å². The molecule has 1 aliphatic heterocycles. The van der Waals surface area contributed by atoms with Crippen molar-refractivity contribution < 1.29 is 17.6 Å². The van der Waals surface area contributed by atoms with E-state index in [1.165, 1.54) is 6.07 Å². The summed E-state index contributed by atoms with van der Waals surface area (Å²) >= 11 is 5.74. The topological polar surface area (TPSA) is 66.5 Å². The minimum atomic E-state index is -3.97. The first-order valence-electron chi connectivity index (χ1n) is 8.22. The molecule has 1 heterocycles. The number of carbonyl (C=O) groups excluding carboxylic acids is 1. The fourth-order valence-corrected chi connectivity index (χ4v) is 4.38. The van der Waals surface area contributed by atoms with Crippen LogP contribution in [0.4, 0.5) is 15.8 Å². The summed E-state index contributed by atoms with van der Waals surface area (Å²) in [6, 6.07) is 8.18. The highest BCUT2D eigenvalue weighted by Gasteiger charge is 2.24. The van der Waals surface area contributed by atoms with Crippen molar-refractivity contribution in [2.24, 2.45) is 0 Å². The van der Waals surface area contributed by atoms with Gasteiger partial charge < -0.3 is 4.90 Å². The molecule has 0 bridgehead atoms. The first-order chi connectivity index (χ1) is 12.3. The van der Waals surface area contributed by atoms with Gasteiger partial charge in [0.2, 0.25) is 5.91 Å². The Bertz CT molecular complexity index is 943. The molecule has 0 atom stereocenters. The van der Waals surface area contributed by atoms with Crippen LogP contribution < -0.4 is 9.62 Å². The van der Waals surface area contributed by atoms with E-state index in [2.05, 4.69) is 4.72 Å². The summed E-state index contributed by atoms with van der Waals surface area (Å²) in [6.07, 6.45) is 1.78. The molecule has 26 heavy (non-hydrogen) atoms. The van der Waals surface area contributed by atoms with Gasteiger partial charge in [-0.05, 0) is 54.8 Å². The standard InChI is InChI=1S/C18H18ClFN2O3S/c1-2-7-22-17-5-4-15(8-12(17)3-6-18(22)23)21-26(24,25)16-10-13(19)9-14(20)11-16/h4-5,8-11,21H,2-3,6-7H2,1H3. The monoisotopic (exact) mass is 396 g/mol. The molecule has 0 saturated carbocycles. The molecule has 5 nitrogen and oxygen atoms in total. The van der Waals surface area contributed by atoms with E-state index >= 15 is 0 Å². The molecule has 0 aromatic heterocycles. The molecule has 2 aromatic carbocycles. The van der Waals surface area contributed by atoms with Crippen molar-refractivity contribution in [3.05, 3.63) is 52.8 Å². The maximum absolute atomic E-state index is 13.5. The number of rotatable bonds is 5. The maximum atomic E-state index is 13.5. The number of anilines is 2. The zero-order valence-electron chi connectivity index (χ0n) is 14.1. The number of hydrogen-bond acceptors (Lipinski definition) is 3. The zero-order chi connectivity index (χ0) is 18.9. The lowest BCUT2D eigenvalue weighted by molar-refractivity contribution is -0.118. The summed E-state index contributed by atoms with van der Waals surface area (Å²) in [6.45, 7) is 2.62. The molecular formula is C18H18ClFN2O3S. The summed E-state index contributed by atoms with van der Waals surface area (Å²) in [7, 11) is -3.97. The molecule has 0 radical (unpaired) electrons. The van der Waals surface area contributed by atoms with Crippen LogP contribution in [0.3, 0.4) is 0 Å². The van der Waals surface area contributed by atoms with Crippen molar-refractivity contribution in [3.63, 3.8) is 0 Å². The van der Waals surface area contributed by atoms with Crippen LogP contribution in [0.25, 0.3) is 0 Å². The van der Waals surface area contributed by atoms with Crippen molar-refractivity contribution in [1.82, 2.24) is 0 Å². The predicted molar refractivity (Wildman–Crippen MR) is 99.6 cm³/mol. The van der Waals surface area contributed by atoms with Gasteiger partial charge in [0.05, 0.1) is 4.90 Å². The van der Waals surface area contributed by atoms with Gasteiger partial charge in [-0.3, -0.25) is 9.52 Å². The number of fused-ring (bicyclic) bond motifs is 1. The molecule has 0 aliphatic carbocycles. The number of amides is 1. The molecule has 138 valence electrons. The van der Waals surface area contributed by atoms with Crippen molar-refractivity contribution >= 4 is 38.9 Å². The van der Waals surface area contributed by atoms with Crippen LogP contribution in [0.5, 0.6) is 0 Å². The number of nitrogens with one attached hydrogen (secondary N) is 1. The fourth-order valence-electron chi connectivity index (χ4n) is 2.99. The molecule has 0 saturated heterocycles. The minimum absolute atomic E-state index is 0.00420. The average Bonchev–Trinajstić information content (AvgIpc) is 2.56. The van der Waals surface area contributed by atoms with E-state index in [0.717, 1.165) is 29.8 Å². The Morgan fingerprint density at radius 1 is 1.19 bits per heavy atom. The highest BCUT2D eigenvalue weighted by molar-refractivity contribution is 7.92. The fraction of sp³-hybridized carbons (Fsp3) is 0.278. The van der Waals surface area contributed by atoms with Crippen LogP contribution in [-0.4, -0.2) is 20.9 Å². The van der Waals surface area contributed by atoms with Gasteiger partial charge in [0.15, 0.2) is 0 Å². The Kier molecular flexibility index (Phi) is 5.20. The third-order valence-electron chi connectivity index (χ3n) is 4.13. The van der Waals surface area contributed by atoms with Crippen LogP contribution in [0.1, 0.15) is 25.3 Å². The third-order valence-corrected chi connectivity index (χ3v) is 5.70. The molecule has 0 spiro atoms. The Balaban J connectivity index is 1.90. The van der Waals surface area contributed by atoms with Crippen molar-refractivity contribution in [2.75, 3.05) is 16.2 Å². The smallest absolute Gasteiger partial charge is 0.262 e. The van der Waals surface area contributed by atoms with E-state index in [9.17, 15) is 17.6 Å². The van der Waals surface area contributed by atoms with Gasteiger partial charge >= 0.3 is 0 Å². The lowest BCUT2D eigenvalue weighted by Gasteiger charge is -2.29. The van der Waals surface area contributed by atoms with Crippen molar-refractivity contribution in [1.29, 1.82) is 0 Å². The summed E-state index contributed by atoms with van der Waals surface area (Å²) in [5.74, 6) is -0.654. The number of carbonyl (C=O) groups is 1. The van der Waals surface area contributed by atoms with E-state index < -0.39 is 15.8 Å². The molecule has 0 unspecified atom stereocenters. The Labute approximate surface area is 156 Å². The van der Waals surface area contributed by atoms with Crippen LogP contribution in [0.15, 0.2) is 41.3 Å². The van der Waals surface area contributed by atoms with Gasteiger partial charge in [-0.1, -0.05) is 18.5 Å². The van der Waals surface area contributed by atoms with Crippen LogP contribution in [0, 0.1) is 5.82 Å². The average molecular weight is 397 g/mol. The predicted octanol–water partition coefficient (Wildman–Crippen LogP) is 3.97. The second-order valence-electron chi connectivity index (χ2n) is 6.10. The Morgan fingerprint density at radius 3 is 2.65 bits per heavy atom. The quantitative estimate of drug-likeness (QED) is 0.831. The molecule has 0 fully saturated rings. The SMILES string of the molecule is CCCN1C(=O)CCc2cc(NS(=O)(=O)c3cc(F)cc(Cl)c3)ccc21. The number of halogens is 2. The Hall–Kier alpha value is -2.12. The number of hydrogen-bond donors (Lipinski definition) is 1. The second-order valence-corrected chi connectivity index (χ2v) is 8.22. The zero-order valence-corrected chi connectivity index (χ0v) is 15.7. The first-order valence-corrected chi connectivity index (χ1v) is 10.1. The van der Waals surface area contributed by atoms with Gasteiger partial charge in [-0.2, -0.15) is 0 Å². The molecule has 1 N–H and O–H groups in total. The minimum Gasteiger partial charge on any atom is -0.312 e. The van der Waals surface area contributed by atoms with E-state index in [1.54, 1.807) is 23.1 Å². The molecule has 8 heteroatoms. The van der Waals surface area contributed by atoms with Gasteiger partial charge in [0, 0.05) is 29.4 Å². The van der Waals surface area contributed by atoms with Crippen LogP contribution in [-0.2, 0) is 21.2 Å². The van der Waals surface area contributed by atoms with E-state index in [0.29, 0.717) is 25.1 Å². The van der Waals surface area contributed by atoms with Gasteiger partial charge in [0.25, 0.3) is 10.0 Å². The third kappa shape index (κ3) is 3.83. The van der Waals surface area contributed by atoms with Crippen molar-refractivity contribution in [3.8, 4) is 0 Å². The Morgan fingerprint density at radius 2 is 1.96 bits per heavy atom. The molecule has 1 amide bonds. The normalized spacial score (nSPS) is 14.3. The summed E-state index contributed by atoms with van der Waals surface area (Å²) in [4.78, 5) is 13.6. The largest absolute Gasteiger partial charge is 0.312 e. The lowest BCUT2D eigenvalue weighted by atomic mass is 10.0. The number of sulfonamides is 1. The molecular weight excluding hydrogens is 379 g/mol. The summed E-state index contributed by atoms with van der Waals surface area (Å²) in [5.41, 5.74) is 2.06. The summed E-state index contributed by atoms with van der Waals surface area (Å²) in [5, 5.41) is 0.00420. The summed E-state index contributed by atoms with van der Waals surface area (Å²) < 4.78 is 40.9. The van der Waals surface area contributed by atoms with Crippen molar-refractivity contribution in [2.45, 2.75) is 31.1 Å². The highest BCUT2D eigenvalue weighted by Crippen LogP contribution is 2.31. The lowest BCUT2D eigenvalue weighted by Crippen LogP contribution is -2.35. The molecule has 3 rings (SSSR count). The number of benzene rings is 2. The molecule has 1 aliphatic rings. The number of nitrogens with zero attached hydrogens (tertiary/aromatic N) is 1. The van der Waals surface area contributed by atoms with Gasteiger partial charge in [-0.15, -0.1) is 0 Å². The van der Waals surface area contributed by atoms with Crippen LogP contribution >= 0.6 is 11.6 Å². The number of aryl methyl sites for hydroxylation is 1. The second kappa shape index (κ2) is 7.25. The highest BCUT2D eigenvalue weighted by atomic mass is 35.5. The van der Waals surface area contributed by atoms with Crippen LogP contribution in [0.2, 0.25) is 5.02 Å². The first kappa shape index (κ1) is 18.7. The molecule has 2 aromatic rings. The maximum Gasteiger partial charge on any atom is 0.262 e. The van der Waals surface area contributed by atoms with E-state index in [4.69, 9.17) is 11.6 Å².